The van der Waals surface area contributed by atoms with E-state index in [0.29, 0.717) is 38.0 Å². The van der Waals surface area contributed by atoms with Gasteiger partial charge in [-0.15, -0.1) is 24.0 Å². The minimum Gasteiger partial charge on any atom is -0.490 e. The monoisotopic (exact) mass is 524 g/mol. The molecule has 1 amide bonds. The number of aryl methyl sites for hydroxylation is 1. The molecule has 7 nitrogen and oxygen atoms in total. The number of hydrogen-bond acceptors (Lipinski definition) is 4. The maximum atomic E-state index is 11.9. The van der Waals surface area contributed by atoms with Gasteiger partial charge in [0.25, 0.3) is 0 Å². The first kappa shape index (κ1) is 23.8. The lowest BCUT2D eigenvalue weighted by Crippen LogP contribution is -2.39. The van der Waals surface area contributed by atoms with Crippen LogP contribution in [0.5, 0.6) is 11.5 Å². The van der Waals surface area contributed by atoms with Crippen LogP contribution in [-0.4, -0.2) is 38.2 Å². The second kappa shape index (κ2) is 12.3. The van der Waals surface area contributed by atoms with E-state index < -0.39 is 0 Å². The molecule has 3 rings (SSSR count). The van der Waals surface area contributed by atoms with E-state index in [1.807, 2.05) is 43.3 Å². The predicted molar refractivity (Wildman–Crippen MR) is 130 cm³/mol. The van der Waals surface area contributed by atoms with Crippen molar-refractivity contribution in [1.29, 1.82) is 0 Å². The fraction of sp³-hybridized carbons (Fsp3) is 0.364. The molecule has 0 spiro atoms. The molecule has 1 aliphatic rings. The van der Waals surface area contributed by atoms with E-state index in [2.05, 4.69) is 33.9 Å². The number of anilines is 1. The third-order valence-electron chi connectivity index (χ3n) is 4.47. The summed E-state index contributed by atoms with van der Waals surface area (Å²) in [4.78, 5) is 16.5. The number of guanidine groups is 1. The molecule has 0 saturated heterocycles. The average molecular weight is 524 g/mol. The van der Waals surface area contributed by atoms with Gasteiger partial charge in [-0.3, -0.25) is 4.79 Å². The SMILES string of the molecule is CCNC(=O)CNC(=NCc1ccccc1C)Nc1ccc2c(c1)OCCCO2.I. The zero-order valence-electron chi connectivity index (χ0n) is 17.4. The summed E-state index contributed by atoms with van der Waals surface area (Å²) >= 11 is 0. The molecular formula is C22H29IN4O3. The first-order valence-corrected chi connectivity index (χ1v) is 9.92. The van der Waals surface area contributed by atoms with Crippen molar-refractivity contribution in [2.75, 3.05) is 31.6 Å². The van der Waals surface area contributed by atoms with Crippen LogP contribution in [0.15, 0.2) is 47.5 Å². The zero-order valence-corrected chi connectivity index (χ0v) is 19.7. The number of carbonyl (C=O) groups is 1. The number of amides is 1. The van der Waals surface area contributed by atoms with E-state index in [9.17, 15) is 4.79 Å². The Morgan fingerprint density at radius 3 is 2.60 bits per heavy atom. The van der Waals surface area contributed by atoms with Gasteiger partial charge in [-0.1, -0.05) is 24.3 Å². The number of benzene rings is 2. The highest BCUT2D eigenvalue weighted by molar-refractivity contribution is 14.0. The lowest BCUT2D eigenvalue weighted by Gasteiger charge is -2.15. The standard InChI is InChI=1S/C22H28N4O3.HI/c1-3-23-21(27)15-25-22(24-14-17-8-5-4-7-16(17)2)26-18-9-10-19-20(13-18)29-12-6-11-28-19;/h4-5,7-10,13H,3,6,11-12,14-15H2,1-2H3,(H,23,27)(H2,24,25,26);1H. The molecule has 0 saturated carbocycles. The number of hydrogen-bond donors (Lipinski definition) is 3. The molecule has 0 aliphatic carbocycles. The minimum atomic E-state index is -0.0865. The van der Waals surface area contributed by atoms with Crippen LogP contribution < -0.4 is 25.4 Å². The maximum Gasteiger partial charge on any atom is 0.239 e. The summed E-state index contributed by atoms with van der Waals surface area (Å²) in [5, 5.41) is 9.12. The minimum absolute atomic E-state index is 0. The Balaban J connectivity index is 0.00000320. The first-order valence-electron chi connectivity index (χ1n) is 9.92. The molecule has 0 atom stereocenters. The van der Waals surface area contributed by atoms with Crippen molar-refractivity contribution >= 4 is 41.5 Å². The highest BCUT2D eigenvalue weighted by Crippen LogP contribution is 2.32. The lowest BCUT2D eigenvalue weighted by molar-refractivity contribution is -0.119. The van der Waals surface area contributed by atoms with Crippen LogP contribution in [-0.2, 0) is 11.3 Å². The highest BCUT2D eigenvalue weighted by Gasteiger charge is 2.12. The van der Waals surface area contributed by atoms with E-state index in [1.54, 1.807) is 0 Å². The zero-order chi connectivity index (χ0) is 20.5. The number of carbonyl (C=O) groups excluding carboxylic acids is 1. The number of fused-ring (bicyclic) bond motifs is 1. The van der Waals surface area contributed by atoms with E-state index >= 15 is 0 Å². The van der Waals surface area contributed by atoms with Gasteiger partial charge in [0, 0.05) is 24.7 Å². The number of aliphatic imine (C=N–C) groups is 1. The predicted octanol–water partition coefficient (Wildman–Crippen LogP) is 3.47. The van der Waals surface area contributed by atoms with Crippen molar-refractivity contribution in [3.8, 4) is 11.5 Å². The van der Waals surface area contributed by atoms with Crippen LogP contribution in [0.3, 0.4) is 0 Å². The second-order valence-electron chi connectivity index (χ2n) is 6.74. The molecule has 0 aromatic heterocycles. The van der Waals surface area contributed by atoms with Crippen molar-refractivity contribution in [2.24, 2.45) is 4.99 Å². The lowest BCUT2D eigenvalue weighted by atomic mass is 10.1. The summed E-state index contributed by atoms with van der Waals surface area (Å²) in [5.74, 6) is 1.88. The summed E-state index contributed by atoms with van der Waals surface area (Å²) < 4.78 is 11.4. The summed E-state index contributed by atoms with van der Waals surface area (Å²) in [6.45, 7) is 6.45. The quantitative estimate of drug-likeness (QED) is 0.306. The van der Waals surface area contributed by atoms with Crippen molar-refractivity contribution in [1.82, 2.24) is 10.6 Å². The van der Waals surface area contributed by atoms with Crippen LogP contribution in [0.25, 0.3) is 0 Å². The van der Waals surface area contributed by atoms with Crippen LogP contribution in [0.4, 0.5) is 5.69 Å². The van der Waals surface area contributed by atoms with Gasteiger partial charge in [-0.25, -0.2) is 4.99 Å². The van der Waals surface area contributed by atoms with Gasteiger partial charge in [-0.2, -0.15) is 0 Å². The first-order chi connectivity index (χ1) is 14.2. The van der Waals surface area contributed by atoms with Crippen molar-refractivity contribution in [3.05, 3.63) is 53.6 Å². The second-order valence-corrected chi connectivity index (χ2v) is 6.74. The average Bonchev–Trinajstić information content (AvgIpc) is 2.96. The molecule has 3 N–H and O–H groups in total. The molecule has 30 heavy (non-hydrogen) atoms. The number of nitrogens with one attached hydrogen (secondary N) is 3. The van der Waals surface area contributed by atoms with Crippen LogP contribution >= 0.6 is 24.0 Å². The van der Waals surface area contributed by atoms with Crippen LogP contribution in [0, 0.1) is 6.92 Å². The topological polar surface area (TPSA) is 84.0 Å². The Labute approximate surface area is 194 Å². The van der Waals surface area contributed by atoms with Gasteiger partial charge in [0.15, 0.2) is 17.5 Å². The van der Waals surface area contributed by atoms with Gasteiger partial charge in [0.05, 0.1) is 26.3 Å². The van der Waals surface area contributed by atoms with E-state index in [1.165, 1.54) is 5.56 Å². The summed E-state index contributed by atoms with van der Waals surface area (Å²) in [7, 11) is 0. The number of halogens is 1. The molecule has 0 unspecified atom stereocenters. The number of likely N-dealkylation sites (N-methyl/N-ethyl adjacent to an activating group) is 1. The molecule has 2 aromatic rings. The van der Waals surface area contributed by atoms with E-state index in [4.69, 9.17) is 9.47 Å². The Kier molecular flexibility index (Phi) is 9.72. The fourth-order valence-corrected chi connectivity index (χ4v) is 2.89. The molecule has 0 radical (unpaired) electrons. The summed E-state index contributed by atoms with van der Waals surface area (Å²) in [5.41, 5.74) is 3.11. The summed E-state index contributed by atoms with van der Waals surface area (Å²) in [6.07, 6.45) is 0.856. The van der Waals surface area contributed by atoms with Gasteiger partial charge in [0.2, 0.25) is 5.91 Å². The number of nitrogens with zero attached hydrogens (tertiary/aromatic N) is 1. The normalized spacial score (nSPS) is 12.9. The molecule has 2 aromatic carbocycles. The maximum absolute atomic E-state index is 11.9. The van der Waals surface area contributed by atoms with Gasteiger partial charge in [-0.05, 0) is 37.1 Å². The molecular weight excluding hydrogens is 495 g/mol. The van der Waals surface area contributed by atoms with Gasteiger partial charge >= 0.3 is 0 Å². The summed E-state index contributed by atoms with van der Waals surface area (Å²) in [6, 6.07) is 13.8. The Hall–Kier alpha value is -2.49. The fourth-order valence-electron chi connectivity index (χ4n) is 2.89. The number of rotatable bonds is 6. The molecule has 162 valence electrons. The Morgan fingerprint density at radius 1 is 1.07 bits per heavy atom. The molecule has 0 fully saturated rings. The Bertz CT molecular complexity index is 873. The van der Waals surface area contributed by atoms with Crippen LogP contribution in [0.2, 0.25) is 0 Å². The van der Waals surface area contributed by atoms with Crippen molar-refractivity contribution in [3.63, 3.8) is 0 Å². The highest BCUT2D eigenvalue weighted by atomic mass is 127. The molecule has 1 heterocycles. The third kappa shape index (κ3) is 7.08. The van der Waals surface area contributed by atoms with Gasteiger partial charge in [0.1, 0.15) is 0 Å². The molecule has 1 aliphatic heterocycles. The molecule has 0 bridgehead atoms. The van der Waals surface area contributed by atoms with Crippen LogP contribution in [0.1, 0.15) is 24.5 Å². The largest absolute Gasteiger partial charge is 0.490 e. The third-order valence-corrected chi connectivity index (χ3v) is 4.47. The number of ether oxygens (including phenoxy) is 2. The van der Waals surface area contributed by atoms with E-state index in [0.717, 1.165) is 23.4 Å². The Morgan fingerprint density at radius 2 is 1.83 bits per heavy atom. The molecule has 8 heteroatoms. The van der Waals surface area contributed by atoms with E-state index in [-0.39, 0.29) is 36.4 Å². The van der Waals surface area contributed by atoms with Gasteiger partial charge < -0.3 is 25.4 Å². The van der Waals surface area contributed by atoms with Crippen molar-refractivity contribution in [2.45, 2.75) is 26.8 Å². The smallest absolute Gasteiger partial charge is 0.239 e. The van der Waals surface area contributed by atoms with Crippen molar-refractivity contribution < 1.29 is 14.3 Å².